The van der Waals surface area contributed by atoms with E-state index in [1.165, 1.54) is 12.8 Å². The summed E-state index contributed by atoms with van der Waals surface area (Å²) in [5.74, 6) is 1.31. The van der Waals surface area contributed by atoms with Crippen LogP contribution in [0, 0.1) is 0 Å². The Kier molecular flexibility index (Phi) is 5.25. The number of hydrogen-bond acceptors (Lipinski definition) is 5. The van der Waals surface area contributed by atoms with Crippen LogP contribution in [0.25, 0.3) is 0 Å². The maximum absolute atomic E-state index is 12.3. The Morgan fingerprint density at radius 1 is 1.21 bits per heavy atom. The van der Waals surface area contributed by atoms with Gasteiger partial charge in [-0.05, 0) is 43.5 Å². The molecule has 1 amide bonds. The summed E-state index contributed by atoms with van der Waals surface area (Å²) in [7, 11) is 0. The first kappa shape index (κ1) is 16.2. The van der Waals surface area contributed by atoms with Gasteiger partial charge < -0.3 is 15.0 Å². The molecular formula is C18H22N4O2. The molecule has 0 bridgehead atoms. The SMILES string of the molecule is CCOc1cc(C(=O)NCc2ccnc(N3CCCC3)c2)ccn1. The summed E-state index contributed by atoms with van der Waals surface area (Å²) in [5.41, 5.74) is 1.58. The van der Waals surface area contributed by atoms with E-state index < -0.39 is 0 Å². The second-order valence-corrected chi connectivity index (χ2v) is 5.71. The van der Waals surface area contributed by atoms with Crippen molar-refractivity contribution in [3.05, 3.63) is 47.8 Å². The molecule has 3 rings (SSSR count). The van der Waals surface area contributed by atoms with Crippen LogP contribution >= 0.6 is 0 Å². The van der Waals surface area contributed by atoms with Gasteiger partial charge in [0.05, 0.1) is 6.61 Å². The highest BCUT2D eigenvalue weighted by Gasteiger charge is 2.14. The van der Waals surface area contributed by atoms with Crippen molar-refractivity contribution in [3.63, 3.8) is 0 Å². The molecule has 1 N–H and O–H groups in total. The van der Waals surface area contributed by atoms with E-state index in [4.69, 9.17) is 4.74 Å². The predicted molar refractivity (Wildman–Crippen MR) is 92.3 cm³/mol. The van der Waals surface area contributed by atoms with Gasteiger partial charge in [-0.15, -0.1) is 0 Å². The second-order valence-electron chi connectivity index (χ2n) is 5.71. The molecule has 0 radical (unpaired) electrons. The van der Waals surface area contributed by atoms with Crippen LogP contribution in [0.1, 0.15) is 35.7 Å². The van der Waals surface area contributed by atoms with E-state index in [1.54, 1.807) is 24.5 Å². The number of rotatable bonds is 6. The third-order valence-electron chi connectivity index (χ3n) is 3.98. The lowest BCUT2D eigenvalue weighted by atomic mass is 10.2. The number of amides is 1. The predicted octanol–water partition coefficient (Wildman–Crippen LogP) is 2.41. The fourth-order valence-electron chi connectivity index (χ4n) is 2.75. The lowest BCUT2D eigenvalue weighted by molar-refractivity contribution is 0.0950. The Labute approximate surface area is 141 Å². The van der Waals surface area contributed by atoms with E-state index in [0.29, 0.717) is 24.6 Å². The number of carbonyl (C=O) groups is 1. The van der Waals surface area contributed by atoms with Crippen LogP contribution in [0.15, 0.2) is 36.7 Å². The van der Waals surface area contributed by atoms with E-state index in [2.05, 4.69) is 20.2 Å². The molecular weight excluding hydrogens is 304 g/mol. The van der Waals surface area contributed by atoms with Gasteiger partial charge in [-0.3, -0.25) is 4.79 Å². The number of nitrogens with zero attached hydrogens (tertiary/aromatic N) is 3. The van der Waals surface area contributed by atoms with Crippen molar-refractivity contribution in [2.24, 2.45) is 0 Å². The van der Waals surface area contributed by atoms with Gasteiger partial charge in [-0.25, -0.2) is 9.97 Å². The highest BCUT2D eigenvalue weighted by molar-refractivity contribution is 5.94. The maximum atomic E-state index is 12.3. The Morgan fingerprint density at radius 3 is 2.79 bits per heavy atom. The molecule has 6 heteroatoms. The van der Waals surface area contributed by atoms with Crippen molar-refractivity contribution in [1.29, 1.82) is 0 Å². The summed E-state index contributed by atoms with van der Waals surface area (Å²) in [4.78, 5) is 23.1. The van der Waals surface area contributed by atoms with E-state index in [9.17, 15) is 4.79 Å². The molecule has 0 saturated carbocycles. The summed E-state index contributed by atoms with van der Waals surface area (Å²) < 4.78 is 5.33. The number of pyridine rings is 2. The molecule has 24 heavy (non-hydrogen) atoms. The zero-order chi connectivity index (χ0) is 16.8. The van der Waals surface area contributed by atoms with Gasteiger partial charge in [-0.1, -0.05) is 0 Å². The Morgan fingerprint density at radius 2 is 2.00 bits per heavy atom. The fourth-order valence-corrected chi connectivity index (χ4v) is 2.75. The van der Waals surface area contributed by atoms with E-state index in [-0.39, 0.29) is 5.91 Å². The summed E-state index contributed by atoms with van der Waals surface area (Å²) in [6.07, 6.45) is 5.81. The quantitative estimate of drug-likeness (QED) is 0.883. The van der Waals surface area contributed by atoms with Crippen LogP contribution in [-0.2, 0) is 6.54 Å². The van der Waals surface area contributed by atoms with Gasteiger partial charge in [0.2, 0.25) is 5.88 Å². The highest BCUT2D eigenvalue weighted by Crippen LogP contribution is 2.18. The number of aromatic nitrogens is 2. The van der Waals surface area contributed by atoms with Crippen LogP contribution in [0.4, 0.5) is 5.82 Å². The standard InChI is InChI=1S/C18H22N4O2/c1-2-24-17-12-15(6-8-20-17)18(23)21-13-14-5-7-19-16(11-14)22-9-3-4-10-22/h5-8,11-12H,2-4,9-10,13H2,1H3,(H,21,23). The van der Waals surface area contributed by atoms with Gasteiger partial charge in [0.25, 0.3) is 5.91 Å². The van der Waals surface area contributed by atoms with Crippen molar-refractivity contribution in [3.8, 4) is 5.88 Å². The normalized spacial score (nSPS) is 13.8. The average Bonchev–Trinajstić information content (AvgIpc) is 3.15. The molecule has 126 valence electrons. The van der Waals surface area contributed by atoms with Gasteiger partial charge in [0, 0.05) is 43.7 Å². The zero-order valence-electron chi connectivity index (χ0n) is 13.9. The minimum absolute atomic E-state index is 0.141. The molecule has 6 nitrogen and oxygen atoms in total. The molecule has 1 fully saturated rings. The number of anilines is 1. The molecule has 0 aromatic carbocycles. The van der Waals surface area contributed by atoms with Crippen LogP contribution in [0.2, 0.25) is 0 Å². The molecule has 1 aliphatic rings. The fraction of sp³-hybridized carbons (Fsp3) is 0.389. The summed E-state index contributed by atoms with van der Waals surface area (Å²) in [6, 6.07) is 7.31. The molecule has 1 saturated heterocycles. The average molecular weight is 326 g/mol. The lowest BCUT2D eigenvalue weighted by Crippen LogP contribution is -2.23. The first-order valence-electron chi connectivity index (χ1n) is 8.33. The third-order valence-corrected chi connectivity index (χ3v) is 3.98. The molecule has 0 atom stereocenters. The minimum atomic E-state index is -0.141. The Bertz CT molecular complexity index is 699. The number of ether oxygens (including phenoxy) is 1. The molecule has 3 heterocycles. The van der Waals surface area contributed by atoms with Gasteiger partial charge in [0.1, 0.15) is 5.82 Å². The van der Waals surface area contributed by atoms with Crippen molar-refractivity contribution in [2.45, 2.75) is 26.3 Å². The monoisotopic (exact) mass is 326 g/mol. The third kappa shape index (κ3) is 4.01. The summed E-state index contributed by atoms with van der Waals surface area (Å²) in [5, 5.41) is 2.93. The smallest absolute Gasteiger partial charge is 0.251 e. The topological polar surface area (TPSA) is 67.3 Å². The summed E-state index contributed by atoms with van der Waals surface area (Å²) >= 11 is 0. The van der Waals surface area contributed by atoms with Gasteiger partial charge >= 0.3 is 0 Å². The molecule has 1 aliphatic heterocycles. The number of hydrogen-bond donors (Lipinski definition) is 1. The molecule has 2 aromatic heterocycles. The van der Waals surface area contributed by atoms with Crippen LogP contribution in [0.5, 0.6) is 5.88 Å². The second kappa shape index (κ2) is 7.77. The molecule has 0 aliphatic carbocycles. The minimum Gasteiger partial charge on any atom is -0.478 e. The summed E-state index contributed by atoms with van der Waals surface area (Å²) in [6.45, 7) is 4.98. The van der Waals surface area contributed by atoms with Crippen LogP contribution in [-0.4, -0.2) is 35.6 Å². The van der Waals surface area contributed by atoms with Crippen LogP contribution < -0.4 is 15.0 Å². The largest absolute Gasteiger partial charge is 0.478 e. The zero-order valence-corrected chi connectivity index (χ0v) is 13.9. The van der Waals surface area contributed by atoms with Gasteiger partial charge in [-0.2, -0.15) is 0 Å². The first-order valence-corrected chi connectivity index (χ1v) is 8.33. The van der Waals surface area contributed by atoms with E-state index >= 15 is 0 Å². The van der Waals surface area contributed by atoms with Crippen molar-refractivity contribution >= 4 is 11.7 Å². The first-order chi connectivity index (χ1) is 11.8. The van der Waals surface area contributed by atoms with Crippen molar-refractivity contribution in [2.75, 3.05) is 24.6 Å². The lowest BCUT2D eigenvalue weighted by Gasteiger charge is -2.17. The Balaban J connectivity index is 1.61. The van der Waals surface area contributed by atoms with Crippen LogP contribution in [0.3, 0.4) is 0 Å². The highest BCUT2D eigenvalue weighted by atomic mass is 16.5. The maximum Gasteiger partial charge on any atom is 0.251 e. The van der Waals surface area contributed by atoms with Crippen molar-refractivity contribution in [1.82, 2.24) is 15.3 Å². The van der Waals surface area contributed by atoms with Gasteiger partial charge in [0.15, 0.2) is 0 Å². The van der Waals surface area contributed by atoms with Crippen molar-refractivity contribution < 1.29 is 9.53 Å². The molecule has 0 spiro atoms. The van der Waals surface area contributed by atoms with E-state index in [0.717, 1.165) is 24.5 Å². The number of nitrogens with one attached hydrogen (secondary N) is 1. The number of carbonyl (C=O) groups excluding carboxylic acids is 1. The van der Waals surface area contributed by atoms with E-state index in [1.807, 2.05) is 19.1 Å². The molecule has 0 unspecified atom stereocenters. The molecule has 2 aromatic rings. The Hall–Kier alpha value is -2.63.